The summed E-state index contributed by atoms with van der Waals surface area (Å²) >= 11 is 0. The Labute approximate surface area is 180 Å². The first-order valence-electron chi connectivity index (χ1n) is 10.3. The van der Waals surface area contributed by atoms with Gasteiger partial charge in [-0.05, 0) is 25.0 Å². The lowest BCUT2D eigenvalue weighted by atomic mass is 10.1. The zero-order valence-corrected chi connectivity index (χ0v) is 17.4. The topological polar surface area (TPSA) is 95.3 Å². The van der Waals surface area contributed by atoms with E-state index in [0.29, 0.717) is 19.6 Å². The number of hydrogen-bond acceptors (Lipinski definition) is 4. The summed E-state index contributed by atoms with van der Waals surface area (Å²) in [5.41, 5.74) is 7.67. The number of aromatic nitrogens is 3. The number of aromatic hydroxyl groups is 1. The minimum Gasteiger partial charge on any atom is -0.494 e. The number of hydrogen-bond donors (Lipinski definition) is 2. The number of para-hydroxylation sites is 1. The van der Waals surface area contributed by atoms with Gasteiger partial charge in [0, 0.05) is 24.2 Å². The van der Waals surface area contributed by atoms with Crippen LogP contribution >= 0.6 is 0 Å². The van der Waals surface area contributed by atoms with Crippen molar-refractivity contribution in [2.24, 2.45) is 5.73 Å². The summed E-state index contributed by atoms with van der Waals surface area (Å²) in [6.07, 6.45) is 3.76. The lowest BCUT2D eigenvalue weighted by Crippen LogP contribution is -2.25. The standard InChI is InChI=1S/C24H26N4O3/c1-17(31-15-18-7-3-2-4-8-18)21(27-14-20(24(25)30)26-16-27)11-12-28-22-10-6-5-9-19(22)13-23(28)29/h2-10,13-14,16-17,21,29H,11-12,15H2,1H3,(H2,25,30). The Bertz CT molecular complexity index is 1170. The van der Waals surface area contributed by atoms with Crippen molar-refractivity contribution >= 4 is 16.8 Å². The summed E-state index contributed by atoms with van der Waals surface area (Å²) in [6, 6.07) is 19.5. The average molecular weight is 418 g/mol. The average Bonchev–Trinajstić information content (AvgIpc) is 3.38. The summed E-state index contributed by atoms with van der Waals surface area (Å²) < 4.78 is 9.93. The van der Waals surface area contributed by atoms with E-state index in [1.165, 1.54) is 0 Å². The molecule has 2 aromatic carbocycles. The zero-order valence-electron chi connectivity index (χ0n) is 17.4. The molecule has 2 unspecified atom stereocenters. The van der Waals surface area contributed by atoms with Gasteiger partial charge in [-0.1, -0.05) is 48.5 Å². The lowest BCUT2D eigenvalue weighted by Gasteiger charge is -2.26. The molecule has 0 aliphatic carbocycles. The van der Waals surface area contributed by atoms with Crippen molar-refractivity contribution in [3.8, 4) is 5.88 Å². The van der Waals surface area contributed by atoms with Crippen molar-refractivity contribution < 1.29 is 14.6 Å². The molecule has 7 heteroatoms. The molecule has 0 aliphatic rings. The lowest BCUT2D eigenvalue weighted by molar-refractivity contribution is 0.0136. The van der Waals surface area contributed by atoms with Crippen LogP contribution in [-0.2, 0) is 17.9 Å². The molecule has 2 heterocycles. The van der Waals surface area contributed by atoms with Crippen LogP contribution in [-0.4, -0.2) is 31.2 Å². The highest BCUT2D eigenvalue weighted by atomic mass is 16.5. The Kier molecular flexibility index (Phi) is 6.04. The van der Waals surface area contributed by atoms with Gasteiger partial charge in [-0.3, -0.25) is 4.79 Å². The van der Waals surface area contributed by atoms with Crippen molar-refractivity contribution in [1.29, 1.82) is 0 Å². The van der Waals surface area contributed by atoms with E-state index < -0.39 is 5.91 Å². The Balaban J connectivity index is 1.55. The van der Waals surface area contributed by atoms with Gasteiger partial charge in [-0.15, -0.1) is 0 Å². The van der Waals surface area contributed by atoms with E-state index in [1.54, 1.807) is 18.6 Å². The number of carbonyl (C=O) groups excluding carboxylic acids is 1. The van der Waals surface area contributed by atoms with Crippen molar-refractivity contribution in [1.82, 2.24) is 14.1 Å². The number of aryl methyl sites for hydroxylation is 1. The Morgan fingerprint density at radius 3 is 2.65 bits per heavy atom. The molecule has 3 N–H and O–H groups in total. The van der Waals surface area contributed by atoms with E-state index in [9.17, 15) is 9.90 Å². The summed E-state index contributed by atoms with van der Waals surface area (Å²) in [6.45, 7) is 3.06. The second kappa shape index (κ2) is 9.06. The SMILES string of the molecule is CC(OCc1ccccc1)C(CCn1c(O)cc2ccccc21)n1cnc(C(N)=O)c1. The number of carbonyl (C=O) groups is 1. The van der Waals surface area contributed by atoms with Gasteiger partial charge < -0.3 is 24.7 Å². The maximum atomic E-state index is 11.5. The Morgan fingerprint density at radius 1 is 1.16 bits per heavy atom. The highest BCUT2D eigenvalue weighted by Crippen LogP contribution is 2.28. The first kappa shape index (κ1) is 20.7. The third kappa shape index (κ3) is 4.62. The van der Waals surface area contributed by atoms with Crippen LogP contribution in [0.5, 0.6) is 5.88 Å². The number of nitrogens with zero attached hydrogens (tertiary/aromatic N) is 3. The van der Waals surface area contributed by atoms with Crippen molar-refractivity contribution in [3.05, 3.63) is 84.4 Å². The van der Waals surface area contributed by atoms with Crippen molar-refractivity contribution in [3.63, 3.8) is 0 Å². The van der Waals surface area contributed by atoms with Gasteiger partial charge >= 0.3 is 0 Å². The van der Waals surface area contributed by atoms with Crippen LogP contribution in [0.2, 0.25) is 0 Å². The zero-order chi connectivity index (χ0) is 21.8. The number of rotatable bonds is 9. The van der Waals surface area contributed by atoms with Crippen LogP contribution < -0.4 is 5.73 Å². The van der Waals surface area contributed by atoms with Gasteiger partial charge in [0.25, 0.3) is 5.91 Å². The molecule has 31 heavy (non-hydrogen) atoms. The molecule has 0 radical (unpaired) electrons. The fourth-order valence-electron chi connectivity index (χ4n) is 3.88. The van der Waals surface area contributed by atoms with Crippen LogP contribution in [0, 0.1) is 0 Å². The molecule has 0 fully saturated rings. The molecule has 0 bridgehead atoms. The van der Waals surface area contributed by atoms with Crippen LogP contribution in [0.1, 0.15) is 35.4 Å². The van der Waals surface area contributed by atoms with Crippen LogP contribution in [0.15, 0.2) is 73.2 Å². The van der Waals surface area contributed by atoms with Crippen LogP contribution in [0.4, 0.5) is 0 Å². The molecular formula is C24H26N4O3. The van der Waals surface area contributed by atoms with E-state index in [1.807, 2.05) is 70.7 Å². The van der Waals surface area contributed by atoms with Gasteiger partial charge in [0.15, 0.2) is 5.88 Å². The molecule has 0 aliphatic heterocycles. The van der Waals surface area contributed by atoms with Gasteiger partial charge in [0.1, 0.15) is 5.69 Å². The number of amides is 1. The molecule has 4 rings (SSSR count). The van der Waals surface area contributed by atoms with Gasteiger partial charge in [-0.2, -0.15) is 0 Å². The Hall–Kier alpha value is -3.58. The number of benzene rings is 2. The van der Waals surface area contributed by atoms with Crippen molar-refractivity contribution in [2.75, 3.05) is 0 Å². The van der Waals surface area contributed by atoms with E-state index in [2.05, 4.69) is 4.98 Å². The summed E-state index contributed by atoms with van der Waals surface area (Å²) in [5.74, 6) is -0.342. The van der Waals surface area contributed by atoms with Crippen molar-refractivity contribution in [2.45, 2.75) is 38.6 Å². The molecule has 2 atom stereocenters. The van der Waals surface area contributed by atoms with E-state index in [0.717, 1.165) is 16.5 Å². The molecule has 4 aromatic rings. The number of fused-ring (bicyclic) bond motifs is 1. The van der Waals surface area contributed by atoms with Gasteiger partial charge in [0.2, 0.25) is 0 Å². The highest BCUT2D eigenvalue weighted by Gasteiger charge is 2.22. The quantitative estimate of drug-likeness (QED) is 0.431. The molecule has 7 nitrogen and oxygen atoms in total. The maximum Gasteiger partial charge on any atom is 0.268 e. The largest absolute Gasteiger partial charge is 0.494 e. The Morgan fingerprint density at radius 2 is 1.90 bits per heavy atom. The predicted molar refractivity (Wildman–Crippen MR) is 119 cm³/mol. The maximum absolute atomic E-state index is 11.5. The summed E-state index contributed by atoms with van der Waals surface area (Å²) in [7, 11) is 0. The second-order valence-corrected chi connectivity index (χ2v) is 7.64. The van der Waals surface area contributed by atoms with Crippen LogP contribution in [0.3, 0.4) is 0 Å². The molecule has 2 aromatic heterocycles. The molecule has 0 saturated carbocycles. The molecule has 1 amide bonds. The third-order valence-corrected chi connectivity index (χ3v) is 5.57. The number of ether oxygens (including phenoxy) is 1. The molecular weight excluding hydrogens is 392 g/mol. The van der Waals surface area contributed by atoms with Gasteiger partial charge in [0.05, 0.1) is 30.6 Å². The van der Waals surface area contributed by atoms with E-state index >= 15 is 0 Å². The highest BCUT2D eigenvalue weighted by molar-refractivity contribution is 5.90. The monoisotopic (exact) mass is 418 g/mol. The first-order valence-corrected chi connectivity index (χ1v) is 10.3. The third-order valence-electron chi connectivity index (χ3n) is 5.57. The van der Waals surface area contributed by atoms with Gasteiger partial charge in [-0.25, -0.2) is 4.98 Å². The smallest absolute Gasteiger partial charge is 0.268 e. The number of imidazole rings is 1. The minimum absolute atomic E-state index is 0.107. The van der Waals surface area contributed by atoms with E-state index in [4.69, 9.17) is 10.5 Å². The molecule has 0 spiro atoms. The minimum atomic E-state index is -0.565. The molecule has 160 valence electrons. The predicted octanol–water partition coefficient (Wildman–Crippen LogP) is 3.88. The number of primary amides is 1. The second-order valence-electron chi connectivity index (χ2n) is 7.64. The fraction of sp³-hybridized carbons (Fsp3) is 0.250. The first-order chi connectivity index (χ1) is 15.0. The normalized spacial score (nSPS) is 13.3. The molecule has 0 saturated heterocycles. The fourth-order valence-corrected chi connectivity index (χ4v) is 3.88. The summed E-state index contributed by atoms with van der Waals surface area (Å²) in [5, 5.41) is 11.4. The summed E-state index contributed by atoms with van der Waals surface area (Å²) in [4.78, 5) is 15.7. The van der Waals surface area contributed by atoms with Crippen LogP contribution in [0.25, 0.3) is 10.9 Å². The van der Waals surface area contributed by atoms with E-state index in [-0.39, 0.29) is 23.7 Å². The number of nitrogens with two attached hydrogens (primary N) is 1.